The van der Waals surface area contributed by atoms with Crippen LogP contribution in [0.2, 0.25) is 0 Å². The first-order chi connectivity index (χ1) is 8.70. The van der Waals surface area contributed by atoms with E-state index >= 15 is 0 Å². The van der Waals surface area contributed by atoms with Crippen molar-refractivity contribution in [1.29, 1.82) is 0 Å². The molecular formula is C11H13N5OS. The number of nitrogens with zero attached hydrogens (tertiary/aromatic N) is 3. The van der Waals surface area contributed by atoms with Crippen LogP contribution >= 0.6 is 12.2 Å². The zero-order chi connectivity index (χ0) is 13.0. The number of hydrogen-bond acceptors (Lipinski definition) is 4. The molecule has 2 aromatic rings. The summed E-state index contributed by atoms with van der Waals surface area (Å²) in [5, 5.41) is 12.8. The third kappa shape index (κ3) is 2.80. The van der Waals surface area contributed by atoms with E-state index in [4.69, 9.17) is 12.2 Å². The molecule has 0 aliphatic rings. The van der Waals surface area contributed by atoms with Crippen LogP contribution < -0.4 is 5.32 Å². The molecule has 0 saturated carbocycles. The fourth-order valence-corrected chi connectivity index (χ4v) is 1.70. The number of carbonyl (C=O) groups excluding carboxylic acids is 1. The third-order valence-corrected chi connectivity index (χ3v) is 2.62. The Bertz CT molecular complexity index is 586. The van der Waals surface area contributed by atoms with Gasteiger partial charge in [0.15, 0.2) is 0 Å². The number of tetrazole rings is 1. The number of aromatic amines is 1. The van der Waals surface area contributed by atoms with Crippen LogP contribution in [0.3, 0.4) is 0 Å². The van der Waals surface area contributed by atoms with Gasteiger partial charge in [-0.05, 0) is 42.9 Å². The Morgan fingerprint density at radius 3 is 2.72 bits per heavy atom. The van der Waals surface area contributed by atoms with Gasteiger partial charge >= 0.3 is 0 Å². The van der Waals surface area contributed by atoms with E-state index in [2.05, 4.69) is 20.8 Å². The number of hydrogen-bond donors (Lipinski definition) is 2. The molecule has 18 heavy (non-hydrogen) atoms. The summed E-state index contributed by atoms with van der Waals surface area (Å²) in [6.45, 7) is 1.97. The van der Waals surface area contributed by atoms with Gasteiger partial charge in [0.1, 0.15) is 0 Å². The van der Waals surface area contributed by atoms with Crippen molar-refractivity contribution in [3.63, 3.8) is 0 Å². The minimum Gasteiger partial charge on any atom is -0.326 e. The molecule has 7 heteroatoms. The number of benzene rings is 1. The smallest absolute Gasteiger partial charge is 0.242 e. The molecule has 0 atom stereocenters. The summed E-state index contributed by atoms with van der Waals surface area (Å²) < 4.78 is 1.94. The Morgan fingerprint density at radius 2 is 2.17 bits per heavy atom. The summed E-state index contributed by atoms with van der Waals surface area (Å²) in [6, 6.07) is 7.28. The molecule has 2 rings (SSSR count). The second-order valence-corrected chi connectivity index (χ2v) is 4.13. The van der Waals surface area contributed by atoms with E-state index in [1.54, 1.807) is 4.68 Å². The van der Waals surface area contributed by atoms with Gasteiger partial charge in [-0.1, -0.05) is 17.2 Å². The average molecular weight is 263 g/mol. The summed E-state index contributed by atoms with van der Waals surface area (Å²) in [5.41, 5.74) is 1.58. The van der Waals surface area contributed by atoms with Gasteiger partial charge in [0, 0.05) is 12.1 Å². The minimum atomic E-state index is 0.0186. The lowest BCUT2D eigenvalue weighted by Gasteiger charge is -2.05. The van der Waals surface area contributed by atoms with Gasteiger partial charge in [0.2, 0.25) is 10.7 Å². The summed E-state index contributed by atoms with van der Waals surface area (Å²) in [7, 11) is 0. The quantitative estimate of drug-likeness (QED) is 0.828. The van der Waals surface area contributed by atoms with Gasteiger partial charge in [0.25, 0.3) is 0 Å². The maximum absolute atomic E-state index is 11.4. The van der Waals surface area contributed by atoms with E-state index in [1.807, 2.05) is 31.2 Å². The van der Waals surface area contributed by atoms with Crippen molar-refractivity contribution in [2.75, 3.05) is 5.32 Å². The van der Waals surface area contributed by atoms with Crippen molar-refractivity contribution >= 4 is 23.8 Å². The number of aromatic nitrogens is 4. The largest absolute Gasteiger partial charge is 0.326 e. The van der Waals surface area contributed by atoms with Gasteiger partial charge in [-0.25, -0.2) is 4.68 Å². The molecule has 1 aromatic heterocycles. The van der Waals surface area contributed by atoms with Crippen LogP contribution in [0.15, 0.2) is 24.3 Å². The zero-order valence-corrected chi connectivity index (χ0v) is 10.7. The molecule has 94 valence electrons. The lowest BCUT2D eigenvalue weighted by atomic mass is 10.2. The molecule has 0 fully saturated rings. The Kier molecular flexibility index (Phi) is 3.83. The molecule has 0 spiro atoms. The van der Waals surface area contributed by atoms with Crippen molar-refractivity contribution in [3.8, 4) is 5.69 Å². The van der Waals surface area contributed by atoms with E-state index in [0.717, 1.165) is 17.8 Å². The lowest BCUT2D eigenvalue weighted by Crippen LogP contribution is -2.10. The predicted molar refractivity (Wildman–Crippen MR) is 70.1 cm³/mol. The van der Waals surface area contributed by atoms with Gasteiger partial charge < -0.3 is 5.32 Å². The molecule has 1 aromatic carbocycles. The van der Waals surface area contributed by atoms with Gasteiger partial charge in [-0.2, -0.15) is 5.21 Å². The highest BCUT2D eigenvalue weighted by atomic mass is 32.1. The SMILES string of the molecule is CCCC(=O)Nc1ccc(-n2[nH]nnc2=S)cc1. The number of nitrogens with one attached hydrogen (secondary N) is 2. The first-order valence-electron chi connectivity index (χ1n) is 5.61. The monoisotopic (exact) mass is 263 g/mol. The Hall–Kier alpha value is -2.02. The van der Waals surface area contributed by atoms with E-state index in [-0.39, 0.29) is 5.91 Å². The summed E-state index contributed by atoms with van der Waals surface area (Å²) in [4.78, 5) is 11.4. The van der Waals surface area contributed by atoms with Crippen LogP contribution in [-0.4, -0.2) is 26.1 Å². The standard InChI is InChI=1S/C11H13N5OS/c1-2-3-10(17)12-8-4-6-9(7-5-8)16-11(18)13-14-15-16/h4-7H,2-3H2,1H3,(H,12,17)(H,13,15,18). The summed E-state index contributed by atoms with van der Waals surface area (Å²) in [5.74, 6) is 0.0186. The van der Waals surface area contributed by atoms with Gasteiger partial charge in [0.05, 0.1) is 5.69 Å². The predicted octanol–water partition coefficient (Wildman–Crippen LogP) is 2.06. The number of carbonyl (C=O) groups is 1. The van der Waals surface area contributed by atoms with Crippen molar-refractivity contribution in [2.45, 2.75) is 19.8 Å². The number of amides is 1. The first-order valence-corrected chi connectivity index (χ1v) is 6.02. The van der Waals surface area contributed by atoms with Crippen LogP contribution in [0.1, 0.15) is 19.8 Å². The molecule has 2 N–H and O–H groups in total. The van der Waals surface area contributed by atoms with Crippen molar-refractivity contribution in [2.24, 2.45) is 0 Å². The molecule has 1 heterocycles. The number of anilines is 1. The lowest BCUT2D eigenvalue weighted by molar-refractivity contribution is -0.116. The van der Waals surface area contributed by atoms with E-state index in [1.165, 1.54) is 0 Å². The Balaban J connectivity index is 2.13. The second-order valence-electron chi connectivity index (χ2n) is 3.76. The van der Waals surface area contributed by atoms with Crippen molar-refractivity contribution in [3.05, 3.63) is 29.0 Å². The minimum absolute atomic E-state index is 0.0186. The van der Waals surface area contributed by atoms with Crippen LogP contribution in [0.25, 0.3) is 5.69 Å². The topological polar surface area (TPSA) is 75.6 Å². The van der Waals surface area contributed by atoms with Crippen LogP contribution in [0.5, 0.6) is 0 Å². The highest BCUT2D eigenvalue weighted by Crippen LogP contribution is 2.12. The van der Waals surface area contributed by atoms with Crippen LogP contribution in [0.4, 0.5) is 5.69 Å². The zero-order valence-electron chi connectivity index (χ0n) is 9.88. The van der Waals surface area contributed by atoms with Crippen molar-refractivity contribution in [1.82, 2.24) is 20.2 Å². The normalized spacial score (nSPS) is 10.3. The van der Waals surface area contributed by atoms with Crippen LogP contribution in [0, 0.1) is 4.77 Å². The highest BCUT2D eigenvalue weighted by molar-refractivity contribution is 7.71. The maximum Gasteiger partial charge on any atom is 0.242 e. The molecule has 6 nitrogen and oxygen atoms in total. The molecule has 1 amide bonds. The van der Waals surface area contributed by atoms with Crippen molar-refractivity contribution < 1.29 is 4.79 Å². The molecule has 0 unspecified atom stereocenters. The molecular weight excluding hydrogens is 250 g/mol. The first kappa shape index (κ1) is 12.4. The number of rotatable bonds is 4. The summed E-state index contributed by atoms with van der Waals surface area (Å²) >= 11 is 4.99. The highest BCUT2D eigenvalue weighted by Gasteiger charge is 2.02. The molecule has 0 radical (unpaired) electrons. The van der Waals surface area contributed by atoms with Gasteiger partial charge in [-0.15, -0.1) is 0 Å². The number of H-pyrrole nitrogens is 1. The third-order valence-electron chi connectivity index (χ3n) is 2.36. The second kappa shape index (κ2) is 5.54. The molecule has 0 bridgehead atoms. The van der Waals surface area contributed by atoms with E-state index < -0.39 is 0 Å². The van der Waals surface area contributed by atoms with E-state index in [0.29, 0.717) is 11.2 Å². The molecule has 0 aliphatic carbocycles. The average Bonchev–Trinajstić information content (AvgIpc) is 2.77. The Labute approximate surface area is 109 Å². The summed E-state index contributed by atoms with van der Waals surface area (Å²) in [6.07, 6.45) is 1.36. The van der Waals surface area contributed by atoms with Crippen LogP contribution in [-0.2, 0) is 4.79 Å². The maximum atomic E-state index is 11.4. The fourth-order valence-electron chi connectivity index (χ4n) is 1.51. The molecule has 0 saturated heterocycles. The molecule has 0 aliphatic heterocycles. The Morgan fingerprint density at radius 1 is 1.44 bits per heavy atom. The van der Waals surface area contributed by atoms with Gasteiger partial charge in [-0.3, -0.25) is 4.79 Å². The fraction of sp³-hybridized carbons (Fsp3) is 0.273. The van der Waals surface area contributed by atoms with E-state index in [9.17, 15) is 4.79 Å².